The molecule has 0 fully saturated rings. The molecule has 0 spiro atoms. The molecule has 0 aliphatic heterocycles. The molecular formula is C17H22ClN3O2S. The number of nitrogens with two attached hydrogens (primary N) is 1. The summed E-state index contributed by atoms with van der Waals surface area (Å²) in [5.41, 5.74) is 7.02. The van der Waals surface area contributed by atoms with Crippen LogP contribution in [0.2, 0.25) is 0 Å². The molecule has 0 aliphatic rings. The Morgan fingerprint density at radius 1 is 1.42 bits per heavy atom. The summed E-state index contributed by atoms with van der Waals surface area (Å²) in [6.07, 6.45) is 2.41. The first-order valence-electron chi connectivity index (χ1n) is 7.35. The van der Waals surface area contributed by atoms with Crippen molar-refractivity contribution in [3.8, 4) is 5.75 Å². The van der Waals surface area contributed by atoms with Crippen molar-refractivity contribution in [2.45, 2.75) is 13.0 Å². The van der Waals surface area contributed by atoms with Crippen LogP contribution < -0.4 is 10.5 Å². The summed E-state index contributed by atoms with van der Waals surface area (Å²) in [6.45, 7) is 5.23. The normalized spacial score (nSPS) is 9.92. The Balaban J connectivity index is 0.00000288. The smallest absolute Gasteiger partial charge is 0.273 e. The molecule has 0 bridgehead atoms. The van der Waals surface area contributed by atoms with E-state index in [9.17, 15) is 4.79 Å². The van der Waals surface area contributed by atoms with Gasteiger partial charge in [0.2, 0.25) is 0 Å². The summed E-state index contributed by atoms with van der Waals surface area (Å²) in [5.74, 6) is 0.696. The van der Waals surface area contributed by atoms with Gasteiger partial charge in [-0.3, -0.25) is 4.79 Å². The summed E-state index contributed by atoms with van der Waals surface area (Å²) >= 11 is 1.47. The number of carbonyl (C=O) groups excluding carboxylic acids is 1. The maximum atomic E-state index is 12.6. The largest absolute Gasteiger partial charge is 0.497 e. The number of halogens is 1. The van der Waals surface area contributed by atoms with E-state index in [2.05, 4.69) is 11.6 Å². The third-order valence-electron chi connectivity index (χ3n) is 3.30. The number of hydrogen-bond acceptors (Lipinski definition) is 5. The molecule has 0 atom stereocenters. The maximum absolute atomic E-state index is 12.6. The van der Waals surface area contributed by atoms with E-state index in [1.165, 1.54) is 11.3 Å². The Bertz CT molecular complexity index is 658. The van der Waals surface area contributed by atoms with Crippen LogP contribution in [0.4, 0.5) is 0 Å². The number of benzene rings is 1. The summed E-state index contributed by atoms with van der Waals surface area (Å²) < 4.78 is 5.15. The minimum Gasteiger partial charge on any atom is -0.497 e. The molecule has 24 heavy (non-hydrogen) atoms. The lowest BCUT2D eigenvalue weighted by atomic mass is 10.2. The summed E-state index contributed by atoms with van der Waals surface area (Å²) in [5, 5.41) is 2.68. The number of amides is 1. The zero-order chi connectivity index (χ0) is 16.7. The summed E-state index contributed by atoms with van der Waals surface area (Å²) in [6, 6.07) is 7.66. The second-order valence-corrected chi connectivity index (χ2v) is 5.93. The Morgan fingerprint density at radius 2 is 2.12 bits per heavy atom. The van der Waals surface area contributed by atoms with Crippen molar-refractivity contribution in [1.82, 2.24) is 9.88 Å². The molecule has 2 aromatic rings. The molecule has 130 valence electrons. The van der Waals surface area contributed by atoms with Crippen molar-refractivity contribution in [3.63, 3.8) is 0 Å². The zero-order valence-corrected chi connectivity index (χ0v) is 15.2. The van der Waals surface area contributed by atoms with Gasteiger partial charge < -0.3 is 15.4 Å². The molecule has 0 saturated carbocycles. The Labute approximate surface area is 152 Å². The fourth-order valence-corrected chi connectivity index (χ4v) is 2.92. The van der Waals surface area contributed by atoms with Crippen molar-refractivity contribution in [1.29, 1.82) is 0 Å². The number of nitrogens with zero attached hydrogens (tertiary/aromatic N) is 2. The van der Waals surface area contributed by atoms with Gasteiger partial charge in [-0.25, -0.2) is 4.98 Å². The molecule has 2 rings (SSSR count). The molecule has 1 aromatic carbocycles. The van der Waals surface area contributed by atoms with E-state index in [-0.39, 0.29) is 18.3 Å². The van der Waals surface area contributed by atoms with E-state index in [0.29, 0.717) is 31.7 Å². The first-order chi connectivity index (χ1) is 11.2. The minimum atomic E-state index is -0.0970. The minimum absolute atomic E-state index is 0. The predicted molar refractivity (Wildman–Crippen MR) is 100 cm³/mol. The fourth-order valence-electron chi connectivity index (χ4n) is 2.14. The van der Waals surface area contributed by atoms with Gasteiger partial charge in [-0.05, 0) is 24.2 Å². The number of ether oxygens (including phenoxy) is 1. The second kappa shape index (κ2) is 10.1. The van der Waals surface area contributed by atoms with Crippen LogP contribution in [0.1, 0.15) is 21.1 Å². The third kappa shape index (κ3) is 5.33. The van der Waals surface area contributed by atoms with Crippen LogP contribution in [0, 0.1) is 0 Å². The van der Waals surface area contributed by atoms with Crippen LogP contribution in [0.5, 0.6) is 5.75 Å². The lowest BCUT2D eigenvalue weighted by Crippen LogP contribution is -2.31. The molecule has 0 unspecified atom stereocenters. The van der Waals surface area contributed by atoms with Crippen LogP contribution in [0.15, 0.2) is 42.3 Å². The lowest BCUT2D eigenvalue weighted by Gasteiger charge is -2.20. The van der Waals surface area contributed by atoms with Gasteiger partial charge in [0.05, 0.1) is 12.1 Å². The van der Waals surface area contributed by atoms with E-state index in [0.717, 1.165) is 16.3 Å². The number of thiazole rings is 1. The first-order valence-corrected chi connectivity index (χ1v) is 8.23. The summed E-state index contributed by atoms with van der Waals surface area (Å²) in [7, 11) is 1.63. The van der Waals surface area contributed by atoms with E-state index in [1.54, 1.807) is 23.5 Å². The van der Waals surface area contributed by atoms with Crippen LogP contribution in [-0.4, -0.2) is 36.0 Å². The van der Waals surface area contributed by atoms with Crippen molar-refractivity contribution < 1.29 is 9.53 Å². The third-order valence-corrected chi connectivity index (χ3v) is 4.21. The van der Waals surface area contributed by atoms with Crippen molar-refractivity contribution >= 4 is 29.7 Å². The molecule has 0 aliphatic carbocycles. The molecule has 0 radical (unpaired) electrons. The van der Waals surface area contributed by atoms with Gasteiger partial charge in [0.1, 0.15) is 11.4 Å². The van der Waals surface area contributed by atoms with Gasteiger partial charge in [0.15, 0.2) is 0 Å². The Morgan fingerprint density at radius 3 is 2.71 bits per heavy atom. The molecular weight excluding hydrogens is 346 g/mol. The highest BCUT2D eigenvalue weighted by atomic mass is 35.5. The van der Waals surface area contributed by atoms with E-state index in [1.807, 2.05) is 24.3 Å². The van der Waals surface area contributed by atoms with Crippen molar-refractivity contribution in [2.75, 3.05) is 20.2 Å². The Hall–Kier alpha value is -1.89. The maximum Gasteiger partial charge on any atom is 0.273 e. The molecule has 0 saturated heterocycles. The number of hydrogen-bond donors (Lipinski definition) is 1. The fraction of sp³-hybridized carbons (Fsp3) is 0.294. The van der Waals surface area contributed by atoms with Gasteiger partial charge in [-0.2, -0.15) is 0 Å². The molecule has 1 aromatic heterocycles. The second-order valence-electron chi connectivity index (χ2n) is 4.99. The Kier molecular flexibility index (Phi) is 8.46. The van der Waals surface area contributed by atoms with Crippen LogP contribution in [0.3, 0.4) is 0 Å². The average molecular weight is 368 g/mol. The first kappa shape index (κ1) is 20.2. The van der Waals surface area contributed by atoms with Gasteiger partial charge >= 0.3 is 0 Å². The highest BCUT2D eigenvalue weighted by Crippen LogP contribution is 2.16. The summed E-state index contributed by atoms with van der Waals surface area (Å²) in [4.78, 5) is 18.7. The van der Waals surface area contributed by atoms with Gasteiger partial charge in [-0.1, -0.05) is 18.2 Å². The van der Waals surface area contributed by atoms with E-state index in [4.69, 9.17) is 10.5 Å². The number of rotatable bonds is 8. The number of carbonyl (C=O) groups is 1. The number of methoxy groups -OCH3 is 1. The monoisotopic (exact) mass is 367 g/mol. The average Bonchev–Trinajstić information content (AvgIpc) is 3.03. The van der Waals surface area contributed by atoms with E-state index < -0.39 is 0 Å². The zero-order valence-electron chi connectivity index (χ0n) is 13.6. The molecule has 1 amide bonds. The molecule has 1 heterocycles. The molecule has 7 heteroatoms. The van der Waals surface area contributed by atoms with E-state index >= 15 is 0 Å². The van der Waals surface area contributed by atoms with Gasteiger partial charge in [-0.15, -0.1) is 30.3 Å². The standard InChI is InChI=1S/C17H21N3O2S.ClH/c1-3-10-20(11-13-4-6-14(22-2)7-5-13)17(21)15-12-23-16(19-15)8-9-18;/h3-7,12H,1,8-11,18H2,2H3;1H. The van der Waals surface area contributed by atoms with Gasteiger partial charge in [0.25, 0.3) is 5.91 Å². The van der Waals surface area contributed by atoms with Crippen molar-refractivity contribution in [3.05, 3.63) is 58.6 Å². The van der Waals surface area contributed by atoms with Crippen LogP contribution >= 0.6 is 23.7 Å². The van der Waals surface area contributed by atoms with Crippen LogP contribution in [0.25, 0.3) is 0 Å². The topological polar surface area (TPSA) is 68.5 Å². The quantitative estimate of drug-likeness (QED) is 0.728. The highest BCUT2D eigenvalue weighted by molar-refractivity contribution is 7.09. The van der Waals surface area contributed by atoms with Gasteiger partial charge in [0, 0.05) is 24.9 Å². The predicted octanol–water partition coefficient (Wildman–Crippen LogP) is 2.90. The molecule has 2 N–H and O–H groups in total. The number of aromatic nitrogens is 1. The van der Waals surface area contributed by atoms with Crippen LogP contribution in [-0.2, 0) is 13.0 Å². The SMILES string of the molecule is C=CCN(Cc1ccc(OC)cc1)C(=O)c1csc(CCN)n1.Cl. The highest BCUT2D eigenvalue weighted by Gasteiger charge is 2.18. The molecule has 5 nitrogen and oxygen atoms in total. The lowest BCUT2D eigenvalue weighted by molar-refractivity contribution is 0.0757. The van der Waals surface area contributed by atoms with Crippen molar-refractivity contribution in [2.24, 2.45) is 5.73 Å².